The quantitative estimate of drug-likeness (QED) is 0.746. The molecule has 6 heteroatoms. The Morgan fingerprint density at radius 2 is 2.22 bits per heavy atom. The van der Waals surface area contributed by atoms with E-state index in [2.05, 4.69) is 15.2 Å². The van der Waals surface area contributed by atoms with Crippen molar-refractivity contribution in [1.82, 2.24) is 15.2 Å². The average Bonchev–Trinajstić information content (AvgIpc) is 3.01. The number of fused-ring (bicyclic) bond motifs is 1. The SMILES string of the molecule is COc1cc2c(-c3cn[nH]c3)c[nH]c2c(F)c1Cl. The third-order valence-electron chi connectivity index (χ3n) is 2.85. The molecule has 0 fully saturated rings. The number of H-pyrrole nitrogens is 2. The molecule has 0 aliphatic carbocycles. The second kappa shape index (κ2) is 4.03. The number of nitrogens with zero attached hydrogens (tertiary/aromatic N) is 1. The second-order valence-electron chi connectivity index (χ2n) is 3.82. The maximum absolute atomic E-state index is 14.0. The van der Waals surface area contributed by atoms with E-state index in [0.29, 0.717) is 16.7 Å². The molecule has 92 valence electrons. The van der Waals surface area contributed by atoms with Gasteiger partial charge in [0.2, 0.25) is 0 Å². The van der Waals surface area contributed by atoms with E-state index in [9.17, 15) is 4.39 Å². The van der Waals surface area contributed by atoms with E-state index in [0.717, 1.165) is 11.1 Å². The minimum atomic E-state index is -0.513. The van der Waals surface area contributed by atoms with Crippen LogP contribution in [0.3, 0.4) is 0 Å². The molecule has 0 amide bonds. The summed E-state index contributed by atoms with van der Waals surface area (Å²) >= 11 is 5.87. The van der Waals surface area contributed by atoms with Gasteiger partial charge in [-0.05, 0) is 6.07 Å². The Kier molecular flexibility index (Phi) is 2.48. The highest BCUT2D eigenvalue weighted by Gasteiger charge is 2.17. The van der Waals surface area contributed by atoms with Gasteiger partial charge in [0.1, 0.15) is 10.8 Å². The van der Waals surface area contributed by atoms with Gasteiger partial charge in [-0.25, -0.2) is 4.39 Å². The van der Waals surface area contributed by atoms with Crippen LogP contribution in [-0.2, 0) is 0 Å². The number of aromatic amines is 2. The molecule has 3 aromatic rings. The lowest BCUT2D eigenvalue weighted by molar-refractivity contribution is 0.412. The van der Waals surface area contributed by atoms with E-state index in [1.165, 1.54) is 7.11 Å². The first-order valence-electron chi connectivity index (χ1n) is 5.24. The zero-order valence-electron chi connectivity index (χ0n) is 9.42. The summed E-state index contributed by atoms with van der Waals surface area (Å²) in [5.74, 6) is -0.202. The number of hydrogen-bond acceptors (Lipinski definition) is 2. The number of rotatable bonds is 2. The van der Waals surface area contributed by atoms with Gasteiger partial charge >= 0.3 is 0 Å². The fourth-order valence-corrected chi connectivity index (χ4v) is 2.19. The van der Waals surface area contributed by atoms with Crippen molar-refractivity contribution in [3.63, 3.8) is 0 Å². The number of nitrogens with one attached hydrogen (secondary N) is 2. The van der Waals surface area contributed by atoms with Crippen LogP contribution < -0.4 is 4.74 Å². The molecule has 0 radical (unpaired) electrons. The van der Waals surface area contributed by atoms with Crippen LogP contribution in [0.25, 0.3) is 22.0 Å². The van der Waals surface area contributed by atoms with E-state index in [4.69, 9.17) is 16.3 Å². The highest BCUT2D eigenvalue weighted by Crippen LogP contribution is 2.37. The van der Waals surface area contributed by atoms with Crippen molar-refractivity contribution in [2.45, 2.75) is 0 Å². The van der Waals surface area contributed by atoms with Gasteiger partial charge in [-0.15, -0.1) is 0 Å². The first kappa shape index (κ1) is 11.1. The molecule has 0 saturated carbocycles. The Bertz CT molecular complexity index is 706. The maximum Gasteiger partial charge on any atom is 0.169 e. The Morgan fingerprint density at radius 3 is 2.89 bits per heavy atom. The lowest BCUT2D eigenvalue weighted by atomic mass is 10.1. The van der Waals surface area contributed by atoms with Gasteiger partial charge in [0.05, 0.1) is 18.8 Å². The topological polar surface area (TPSA) is 53.7 Å². The highest BCUT2D eigenvalue weighted by atomic mass is 35.5. The molecule has 1 aromatic carbocycles. The molecular weight excluding hydrogens is 257 g/mol. The summed E-state index contributed by atoms with van der Waals surface area (Å²) in [6.07, 6.45) is 5.12. The molecule has 3 rings (SSSR count). The molecule has 0 aliphatic rings. The maximum atomic E-state index is 14.0. The van der Waals surface area contributed by atoms with Crippen molar-refractivity contribution in [2.75, 3.05) is 7.11 Å². The number of hydrogen-bond donors (Lipinski definition) is 2. The fourth-order valence-electron chi connectivity index (χ4n) is 1.96. The lowest BCUT2D eigenvalue weighted by Crippen LogP contribution is -1.88. The monoisotopic (exact) mass is 265 g/mol. The number of ether oxygens (including phenoxy) is 1. The zero-order valence-corrected chi connectivity index (χ0v) is 10.2. The standard InChI is InChI=1S/C12H9ClFN3O/c1-18-9-2-7-8(6-3-16-17-4-6)5-15-12(7)11(14)10(9)13/h2-5,15H,1H3,(H,16,17). The summed E-state index contributed by atoms with van der Waals surface area (Å²) in [7, 11) is 1.46. The molecular formula is C12H9ClFN3O. The van der Waals surface area contributed by atoms with Crippen molar-refractivity contribution in [1.29, 1.82) is 0 Å². The van der Waals surface area contributed by atoms with Crippen molar-refractivity contribution in [3.8, 4) is 16.9 Å². The molecule has 4 nitrogen and oxygen atoms in total. The molecule has 18 heavy (non-hydrogen) atoms. The van der Waals surface area contributed by atoms with Gasteiger partial charge in [0, 0.05) is 28.9 Å². The van der Waals surface area contributed by atoms with Gasteiger partial charge in [0.15, 0.2) is 5.82 Å². The Labute approximate surface area is 107 Å². The number of methoxy groups -OCH3 is 1. The molecule has 0 unspecified atom stereocenters. The van der Waals surface area contributed by atoms with Crippen molar-refractivity contribution < 1.29 is 9.13 Å². The Balaban J connectivity index is 2.34. The third-order valence-corrected chi connectivity index (χ3v) is 3.21. The third kappa shape index (κ3) is 1.48. The minimum absolute atomic E-state index is 0.0226. The average molecular weight is 266 g/mol. The van der Waals surface area contributed by atoms with E-state index in [1.807, 2.05) is 0 Å². The predicted octanol–water partition coefficient (Wildman–Crippen LogP) is 3.36. The largest absolute Gasteiger partial charge is 0.495 e. The number of aromatic nitrogens is 3. The first-order chi connectivity index (χ1) is 8.72. The zero-order chi connectivity index (χ0) is 12.7. The molecule has 2 N–H and O–H groups in total. The minimum Gasteiger partial charge on any atom is -0.495 e. The molecule has 0 bridgehead atoms. The van der Waals surface area contributed by atoms with Crippen LogP contribution in [0.2, 0.25) is 5.02 Å². The molecule has 0 atom stereocenters. The van der Waals surface area contributed by atoms with Crippen LogP contribution in [0.5, 0.6) is 5.75 Å². The summed E-state index contributed by atoms with van der Waals surface area (Å²) in [6, 6.07) is 1.71. The van der Waals surface area contributed by atoms with Gasteiger partial charge in [0.25, 0.3) is 0 Å². The normalized spacial score (nSPS) is 11.1. The first-order valence-corrected chi connectivity index (χ1v) is 5.62. The van der Waals surface area contributed by atoms with Gasteiger partial charge in [-0.2, -0.15) is 5.10 Å². The number of benzene rings is 1. The summed E-state index contributed by atoms with van der Waals surface area (Å²) in [6.45, 7) is 0. The Hall–Kier alpha value is -2.01. The van der Waals surface area contributed by atoms with Gasteiger partial charge in [-0.1, -0.05) is 11.6 Å². The predicted molar refractivity (Wildman–Crippen MR) is 67.4 cm³/mol. The van der Waals surface area contributed by atoms with E-state index < -0.39 is 5.82 Å². The highest BCUT2D eigenvalue weighted by molar-refractivity contribution is 6.33. The van der Waals surface area contributed by atoms with Crippen molar-refractivity contribution >= 4 is 22.5 Å². The van der Waals surface area contributed by atoms with Crippen LogP contribution in [-0.4, -0.2) is 22.3 Å². The van der Waals surface area contributed by atoms with E-state index >= 15 is 0 Å². The molecule has 2 heterocycles. The summed E-state index contributed by atoms with van der Waals surface area (Å²) in [4.78, 5) is 2.88. The van der Waals surface area contributed by atoms with Crippen LogP contribution in [0.4, 0.5) is 4.39 Å². The molecule has 0 spiro atoms. The molecule has 0 saturated heterocycles. The van der Waals surface area contributed by atoms with Crippen LogP contribution >= 0.6 is 11.6 Å². The number of halogens is 2. The second-order valence-corrected chi connectivity index (χ2v) is 4.20. The van der Waals surface area contributed by atoms with Crippen LogP contribution in [0, 0.1) is 5.82 Å². The summed E-state index contributed by atoms with van der Waals surface area (Å²) in [5.41, 5.74) is 2.06. The molecule has 2 aromatic heterocycles. The summed E-state index contributed by atoms with van der Waals surface area (Å²) < 4.78 is 19.1. The summed E-state index contributed by atoms with van der Waals surface area (Å²) in [5, 5.41) is 7.28. The van der Waals surface area contributed by atoms with Gasteiger partial charge in [-0.3, -0.25) is 5.10 Å². The van der Waals surface area contributed by atoms with Crippen molar-refractivity contribution in [3.05, 3.63) is 35.5 Å². The lowest BCUT2D eigenvalue weighted by Gasteiger charge is -2.05. The van der Waals surface area contributed by atoms with Gasteiger partial charge < -0.3 is 9.72 Å². The fraction of sp³-hybridized carbons (Fsp3) is 0.0833. The van der Waals surface area contributed by atoms with Crippen LogP contribution in [0.1, 0.15) is 0 Å². The Morgan fingerprint density at radius 1 is 1.39 bits per heavy atom. The van der Waals surface area contributed by atoms with Crippen LogP contribution in [0.15, 0.2) is 24.7 Å². The molecule has 0 aliphatic heterocycles. The van der Waals surface area contributed by atoms with E-state index in [1.54, 1.807) is 24.7 Å². The van der Waals surface area contributed by atoms with E-state index in [-0.39, 0.29) is 5.02 Å². The van der Waals surface area contributed by atoms with Crippen molar-refractivity contribution in [2.24, 2.45) is 0 Å². The smallest absolute Gasteiger partial charge is 0.169 e.